The molecule has 2 N–H and O–H groups in total. The van der Waals surface area contributed by atoms with E-state index in [0.717, 1.165) is 5.75 Å². The summed E-state index contributed by atoms with van der Waals surface area (Å²) in [4.78, 5) is 24.1. The second-order valence-corrected chi connectivity index (χ2v) is 6.38. The normalized spacial score (nSPS) is 10.5. The van der Waals surface area contributed by atoms with Gasteiger partial charge >= 0.3 is 0 Å². The van der Waals surface area contributed by atoms with Crippen molar-refractivity contribution in [2.45, 2.75) is 32.1 Å². The van der Waals surface area contributed by atoms with Gasteiger partial charge in [-0.25, -0.2) is 0 Å². The van der Waals surface area contributed by atoms with Gasteiger partial charge in [0, 0.05) is 36.1 Å². The van der Waals surface area contributed by atoms with Crippen LogP contribution in [-0.2, 0) is 9.59 Å². The van der Waals surface area contributed by atoms with Gasteiger partial charge in [-0.05, 0) is 19.1 Å². The van der Waals surface area contributed by atoms with E-state index in [1.807, 2.05) is 13.8 Å². The summed E-state index contributed by atoms with van der Waals surface area (Å²) in [5, 5.41) is 5.57. The Kier molecular flexibility index (Phi) is 7.90. The first-order valence-corrected chi connectivity index (χ1v) is 8.21. The molecule has 0 saturated heterocycles. The number of amides is 2. The maximum atomic E-state index is 11.6. The average molecular weight is 308 g/mol. The topological polar surface area (TPSA) is 58.2 Å². The van der Waals surface area contributed by atoms with Crippen LogP contribution in [0.1, 0.15) is 25.8 Å². The highest BCUT2D eigenvalue weighted by Gasteiger charge is 2.06. The van der Waals surface area contributed by atoms with Gasteiger partial charge in [0.1, 0.15) is 0 Å². The van der Waals surface area contributed by atoms with E-state index in [1.54, 1.807) is 11.8 Å². The molecule has 1 aromatic carbocycles. The Morgan fingerprint density at radius 2 is 1.71 bits per heavy atom. The predicted molar refractivity (Wildman–Crippen MR) is 87.4 cm³/mol. The molecular formula is C16H24N2O2S. The van der Waals surface area contributed by atoms with Crippen molar-refractivity contribution in [1.29, 1.82) is 0 Å². The number of rotatable bonds is 8. The zero-order chi connectivity index (χ0) is 15.7. The van der Waals surface area contributed by atoms with Crippen LogP contribution in [0.15, 0.2) is 29.2 Å². The van der Waals surface area contributed by atoms with Crippen molar-refractivity contribution in [2.24, 2.45) is 5.92 Å². The van der Waals surface area contributed by atoms with E-state index in [9.17, 15) is 9.59 Å². The lowest BCUT2D eigenvalue weighted by molar-refractivity contribution is -0.124. The lowest BCUT2D eigenvalue weighted by Gasteiger charge is -2.08. The minimum atomic E-state index is -0.0217. The molecule has 1 rings (SSSR count). The Morgan fingerprint density at radius 1 is 1.10 bits per heavy atom. The summed E-state index contributed by atoms with van der Waals surface area (Å²) in [7, 11) is 0. The molecule has 0 unspecified atom stereocenters. The summed E-state index contributed by atoms with van der Waals surface area (Å²) in [5.41, 5.74) is 1.24. The maximum absolute atomic E-state index is 11.6. The Bertz CT molecular complexity index is 458. The summed E-state index contributed by atoms with van der Waals surface area (Å²) in [5.74, 6) is 0.770. The van der Waals surface area contributed by atoms with Crippen LogP contribution in [0.4, 0.5) is 0 Å². The van der Waals surface area contributed by atoms with E-state index >= 15 is 0 Å². The summed E-state index contributed by atoms with van der Waals surface area (Å²) in [6.07, 6.45) is 0.483. The number of carbonyl (C=O) groups is 2. The minimum Gasteiger partial charge on any atom is -0.354 e. The Hall–Kier alpha value is -1.49. The number of aryl methyl sites for hydroxylation is 1. The van der Waals surface area contributed by atoms with Gasteiger partial charge in [-0.15, -0.1) is 11.8 Å². The first kappa shape index (κ1) is 17.6. The molecule has 0 fully saturated rings. The monoisotopic (exact) mass is 308 g/mol. The molecule has 0 atom stereocenters. The van der Waals surface area contributed by atoms with E-state index in [1.165, 1.54) is 10.5 Å². The predicted octanol–water partition coefficient (Wildman–Crippen LogP) is 2.37. The van der Waals surface area contributed by atoms with Gasteiger partial charge in [0.15, 0.2) is 0 Å². The molecule has 0 aliphatic rings. The van der Waals surface area contributed by atoms with Crippen molar-refractivity contribution in [3.63, 3.8) is 0 Å². The Balaban J connectivity index is 2.09. The van der Waals surface area contributed by atoms with Crippen LogP contribution < -0.4 is 10.6 Å². The van der Waals surface area contributed by atoms with Crippen LogP contribution in [-0.4, -0.2) is 30.7 Å². The molecule has 0 aromatic heterocycles. The van der Waals surface area contributed by atoms with Crippen molar-refractivity contribution in [3.8, 4) is 0 Å². The molecule has 21 heavy (non-hydrogen) atoms. The second-order valence-electron chi connectivity index (χ2n) is 5.21. The van der Waals surface area contributed by atoms with Gasteiger partial charge in [0.05, 0.1) is 0 Å². The van der Waals surface area contributed by atoms with Gasteiger partial charge in [-0.2, -0.15) is 0 Å². The smallest absolute Gasteiger partial charge is 0.222 e. The number of nitrogens with one attached hydrogen (secondary N) is 2. The zero-order valence-corrected chi connectivity index (χ0v) is 13.8. The summed E-state index contributed by atoms with van der Waals surface area (Å²) < 4.78 is 0. The molecular weight excluding hydrogens is 284 g/mol. The molecule has 0 aliphatic carbocycles. The highest BCUT2D eigenvalue weighted by molar-refractivity contribution is 7.99. The zero-order valence-electron chi connectivity index (χ0n) is 12.9. The minimum absolute atomic E-state index is 0.0131. The lowest BCUT2D eigenvalue weighted by Crippen LogP contribution is -2.36. The number of carbonyl (C=O) groups excluding carboxylic acids is 2. The van der Waals surface area contributed by atoms with E-state index in [-0.39, 0.29) is 17.7 Å². The molecule has 0 radical (unpaired) electrons. The molecule has 116 valence electrons. The summed E-state index contributed by atoms with van der Waals surface area (Å²) >= 11 is 1.67. The highest BCUT2D eigenvalue weighted by atomic mass is 32.2. The van der Waals surface area contributed by atoms with Crippen LogP contribution in [0.3, 0.4) is 0 Å². The van der Waals surface area contributed by atoms with Crippen molar-refractivity contribution >= 4 is 23.6 Å². The van der Waals surface area contributed by atoms with Crippen LogP contribution >= 0.6 is 11.8 Å². The largest absolute Gasteiger partial charge is 0.354 e. The van der Waals surface area contributed by atoms with Gasteiger partial charge < -0.3 is 10.6 Å². The summed E-state index contributed by atoms with van der Waals surface area (Å²) in [6, 6.07) is 8.28. The molecule has 0 aliphatic heterocycles. The van der Waals surface area contributed by atoms with Gasteiger partial charge in [-0.1, -0.05) is 31.5 Å². The first-order valence-electron chi connectivity index (χ1n) is 7.23. The fourth-order valence-electron chi connectivity index (χ4n) is 1.58. The number of hydrogen-bond donors (Lipinski definition) is 2. The average Bonchev–Trinajstić information content (AvgIpc) is 2.45. The van der Waals surface area contributed by atoms with Crippen LogP contribution in [0.5, 0.6) is 0 Å². The molecule has 1 aromatic rings. The molecule has 4 nitrogen and oxygen atoms in total. The molecule has 5 heteroatoms. The fraction of sp³-hybridized carbons (Fsp3) is 0.500. The van der Waals surface area contributed by atoms with E-state index in [4.69, 9.17) is 0 Å². The van der Waals surface area contributed by atoms with Crippen molar-refractivity contribution < 1.29 is 9.59 Å². The number of thioether (sulfide) groups is 1. The third-order valence-corrected chi connectivity index (χ3v) is 3.90. The first-order chi connectivity index (χ1) is 9.99. The van der Waals surface area contributed by atoms with Gasteiger partial charge in [-0.3, -0.25) is 9.59 Å². The standard InChI is InChI=1S/C16H24N2O2S/c1-12(2)16(20)18-10-9-17-15(19)8-11-21-14-6-4-13(3)5-7-14/h4-7,12H,8-11H2,1-3H3,(H,17,19)(H,18,20). The second kappa shape index (κ2) is 9.45. The number of hydrogen-bond acceptors (Lipinski definition) is 3. The molecule has 0 spiro atoms. The molecule has 0 bridgehead atoms. The van der Waals surface area contributed by atoms with E-state index < -0.39 is 0 Å². The molecule has 0 heterocycles. The van der Waals surface area contributed by atoms with Gasteiger partial charge in [0.25, 0.3) is 0 Å². The van der Waals surface area contributed by atoms with Crippen molar-refractivity contribution in [1.82, 2.24) is 10.6 Å². The Morgan fingerprint density at radius 3 is 2.33 bits per heavy atom. The van der Waals surface area contributed by atoms with Crippen LogP contribution in [0.2, 0.25) is 0 Å². The Labute approximate surface area is 131 Å². The third kappa shape index (κ3) is 7.75. The van der Waals surface area contributed by atoms with E-state index in [0.29, 0.717) is 19.5 Å². The third-order valence-electron chi connectivity index (χ3n) is 2.89. The molecule has 0 saturated carbocycles. The maximum Gasteiger partial charge on any atom is 0.222 e. The van der Waals surface area contributed by atoms with Crippen LogP contribution in [0, 0.1) is 12.8 Å². The van der Waals surface area contributed by atoms with Crippen molar-refractivity contribution in [2.75, 3.05) is 18.8 Å². The lowest BCUT2D eigenvalue weighted by atomic mass is 10.2. The number of benzene rings is 1. The SMILES string of the molecule is Cc1ccc(SCCC(=O)NCCNC(=O)C(C)C)cc1. The van der Waals surface area contributed by atoms with Crippen LogP contribution in [0.25, 0.3) is 0 Å². The quantitative estimate of drug-likeness (QED) is 0.572. The fourth-order valence-corrected chi connectivity index (χ4v) is 2.43. The summed E-state index contributed by atoms with van der Waals surface area (Å²) in [6.45, 7) is 6.70. The van der Waals surface area contributed by atoms with E-state index in [2.05, 4.69) is 41.8 Å². The molecule has 2 amide bonds. The van der Waals surface area contributed by atoms with Gasteiger partial charge in [0.2, 0.25) is 11.8 Å². The van der Waals surface area contributed by atoms with Crippen molar-refractivity contribution in [3.05, 3.63) is 29.8 Å². The highest BCUT2D eigenvalue weighted by Crippen LogP contribution is 2.18.